The van der Waals surface area contributed by atoms with Crippen molar-refractivity contribution in [3.05, 3.63) is 30.1 Å². The Balaban J connectivity index is 3.17. The highest BCUT2D eigenvalue weighted by atomic mass is 32.2. The van der Waals surface area contributed by atoms with E-state index in [9.17, 15) is 21.6 Å². The smallest absolute Gasteiger partial charge is 0.356 e. The third-order valence-electron chi connectivity index (χ3n) is 3.52. The van der Waals surface area contributed by atoms with Crippen LogP contribution in [0.1, 0.15) is 24.3 Å². The van der Waals surface area contributed by atoms with Crippen LogP contribution in [0, 0.1) is 0 Å². The molecule has 0 saturated heterocycles. The van der Waals surface area contributed by atoms with Crippen LogP contribution in [-0.4, -0.2) is 45.8 Å². The number of carbonyl (C=O) groups excluding carboxylic acids is 1. The second-order valence-corrected chi connectivity index (χ2v) is 9.19. The van der Waals surface area contributed by atoms with Crippen LogP contribution in [0.4, 0.5) is 0 Å². The minimum absolute atomic E-state index is 0.141. The van der Waals surface area contributed by atoms with Crippen LogP contribution >= 0.6 is 0 Å². The number of hydrogen-bond acceptors (Lipinski definition) is 6. The number of aromatic nitrogens is 1. The fourth-order valence-electron chi connectivity index (χ4n) is 2.32. The van der Waals surface area contributed by atoms with E-state index in [2.05, 4.69) is 4.74 Å². The number of sulfone groups is 2. The molecule has 0 aliphatic rings. The number of pyridine rings is 1. The van der Waals surface area contributed by atoms with Gasteiger partial charge >= 0.3 is 5.97 Å². The Labute approximate surface area is 134 Å². The van der Waals surface area contributed by atoms with Crippen LogP contribution in [0.5, 0.6) is 0 Å². The molecule has 9 heteroatoms. The lowest BCUT2D eigenvalue weighted by atomic mass is 10.4. The van der Waals surface area contributed by atoms with Crippen LogP contribution in [0.3, 0.4) is 0 Å². The van der Waals surface area contributed by atoms with Crippen molar-refractivity contribution >= 4 is 31.2 Å². The standard InChI is InChI=1S/C14H17NO6S2/c1-4-22(17,18)12-10-8-6-7-9-15(10)11(14(16)21-3)13(12)23(19,20)5-2/h6-9H,4-5H2,1-3H3. The van der Waals surface area contributed by atoms with E-state index >= 15 is 0 Å². The van der Waals surface area contributed by atoms with Crippen LogP contribution in [0.15, 0.2) is 34.2 Å². The largest absolute Gasteiger partial charge is 0.464 e. The number of rotatable bonds is 5. The molecule has 0 radical (unpaired) electrons. The van der Waals surface area contributed by atoms with Gasteiger partial charge in [-0.15, -0.1) is 0 Å². The van der Waals surface area contributed by atoms with Gasteiger partial charge in [-0.2, -0.15) is 0 Å². The summed E-state index contributed by atoms with van der Waals surface area (Å²) in [6.45, 7) is 2.81. The van der Waals surface area contributed by atoms with Gasteiger partial charge < -0.3 is 9.14 Å². The fraction of sp³-hybridized carbons (Fsp3) is 0.357. The van der Waals surface area contributed by atoms with E-state index < -0.39 is 30.5 Å². The molecule has 0 unspecified atom stereocenters. The predicted octanol–water partition coefficient (Wildman–Crippen LogP) is 1.31. The van der Waals surface area contributed by atoms with Gasteiger partial charge in [-0.1, -0.05) is 19.9 Å². The molecule has 0 bridgehead atoms. The maximum atomic E-state index is 12.5. The second kappa shape index (κ2) is 5.97. The molecule has 2 aromatic heterocycles. The van der Waals surface area contributed by atoms with Gasteiger partial charge in [-0.05, 0) is 12.1 Å². The lowest BCUT2D eigenvalue weighted by Gasteiger charge is -2.06. The van der Waals surface area contributed by atoms with Crippen molar-refractivity contribution in [1.82, 2.24) is 4.40 Å². The molecule has 23 heavy (non-hydrogen) atoms. The third kappa shape index (κ3) is 2.74. The number of carbonyl (C=O) groups is 1. The van der Waals surface area contributed by atoms with Crippen molar-refractivity contribution in [3.63, 3.8) is 0 Å². The Hall–Kier alpha value is -1.87. The molecular formula is C14H17NO6S2. The van der Waals surface area contributed by atoms with Crippen LogP contribution < -0.4 is 0 Å². The minimum Gasteiger partial charge on any atom is -0.464 e. The van der Waals surface area contributed by atoms with Crippen molar-refractivity contribution in [2.75, 3.05) is 18.6 Å². The molecule has 2 aromatic rings. The molecule has 0 aliphatic carbocycles. The summed E-state index contributed by atoms with van der Waals surface area (Å²) in [4.78, 5) is 11.3. The third-order valence-corrected chi connectivity index (χ3v) is 7.22. The summed E-state index contributed by atoms with van der Waals surface area (Å²) in [5.41, 5.74) is -0.154. The maximum Gasteiger partial charge on any atom is 0.356 e. The van der Waals surface area contributed by atoms with Gasteiger partial charge in [-0.3, -0.25) is 0 Å². The molecule has 126 valence electrons. The Kier molecular flexibility index (Phi) is 4.54. The number of fused-ring (bicyclic) bond motifs is 1. The van der Waals surface area contributed by atoms with Gasteiger partial charge in [0.05, 0.1) is 24.1 Å². The quantitative estimate of drug-likeness (QED) is 0.747. The highest BCUT2D eigenvalue weighted by molar-refractivity contribution is 7.94. The molecular weight excluding hydrogens is 342 g/mol. The van der Waals surface area contributed by atoms with E-state index in [1.165, 1.54) is 30.5 Å². The molecule has 0 atom stereocenters. The van der Waals surface area contributed by atoms with Gasteiger partial charge in [-0.25, -0.2) is 21.6 Å². The Morgan fingerprint density at radius 1 is 1.04 bits per heavy atom. The van der Waals surface area contributed by atoms with E-state index in [-0.39, 0.29) is 27.6 Å². The van der Waals surface area contributed by atoms with E-state index in [1.807, 2.05) is 0 Å². The molecule has 0 aliphatic heterocycles. The molecule has 2 heterocycles. The number of methoxy groups -OCH3 is 1. The summed E-state index contributed by atoms with van der Waals surface area (Å²) >= 11 is 0. The van der Waals surface area contributed by atoms with Gasteiger partial charge in [0.15, 0.2) is 25.4 Å². The molecule has 2 rings (SSSR count). The first kappa shape index (κ1) is 17.5. The molecule has 0 aromatic carbocycles. The molecule has 0 saturated carbocycles. The van der Waals surface area contributed by atoms with Gasteiger partial charge in [0.1, 0.15) is 9.79 Å². The van der Waals surface area contributed by atoms with Crippen molar-refractivity contribution < 1.29 is 26.4 Å². The lowest BCUT2D eigenvalue weighted by Crippen LogP contribution is -2.16. The van der Waals surface area contributed by atoms with Crippen molar-refractivity contribution in [1.29, 1.82) is 0 Å². The van der Waals surface area contributed by atoms with E-state index in [4.69, 9.17) is 0 Å². The number of hydrogen-bond donors (Lipinski definition) is 0. The predicted molar refractivity (Wildman–Crippen MR) is 84.2 cm³/mol. The minimum atomic E-state index is -3.97. The summed E-state index contributed by atoms with van der Waals surface area (Å²) in [6.07, 6.45) is 1.44. The van der Waals surface area contributed by atoms with Crippen LogP contribution in [0.2, 0.25) is 0 Å². The normalized spacial score (nSPS) is 12.5. The van der Waals surface area contributed by atoms with E-state index in [1.54, 1.807) is 12.1 Å². The molecule has 0 fully saturated rings. The van der Waals surface area contributed by atoms with Gasteiger partial charge in [0.2, 0.25) is 0 Å². The topological polar surface area (TPSA) is 99.0 Å². The summed E-state index contributed by atoms with van der Waals surface area (Å²) in [6, 6.07) is 4.61. The van der Waals surface area contributed by atoms with Crippen LogP contribution in [0.25, 0.3) is 5.52 Å². The number of nitrogens with zero attached hydrogens (tertiary/aromatic N) is 1. The Morgan fingerprint density at radius 3 is 2.13 bits per heavy atom. The summed E-state index contributed by atoms with van der Waals surface area (Å²) in [5.74, 6) is -1.52. The fourth-order valence-corrected chi connectivity index (χ4v) is 5.39. The average molecular weight is 359 g/mol. The van der Waals surface area contributed by atoms with Crippen molar-refractivity contribution in [3.8, 4) is 0 Å². The Bertz CT molecular complexity index is 970. The SMILES string of the molecule is CCS(=O)(=O)c1c(S(=O)(=O)CC)c2ccccn2c1C(=O)OC. The number of ether oxygens (including phenoxy) is 1. The number of esters is 1. The van der Waals surface area contributed by atoms with Crippen molar-refractivity contribution in [2.24, 2.45) is 0 Å². The molecule has 7 nitrogen and oxygen atoms in total. The molecule has 0 spiro atoms. The monoisotopic (exact) mass is 359 g/mol. The summed E-state index contributed by atoms with van der Waals surface area (Å²) < 4.78 is 55.9. The zero-order valence-electron chi connectivity index (χ0n) is 12.9. The second-order valence-electron chi connectivity index (χ2n) is 4.76. The molecule has 0 N–H and O–H groups in total. The van der Waals surface area contributed by atoms with Crippen LogP contribution in [-0.2, 0) is 24.4 Å². The van der Waals surface area contributed by atoms with E-state index in [0.29, 0.717) is 0 Å². The highest BCUT2D eigenvalue weighted by Crippen LogP contribution is 2.34. The molecule has 0 amide bonds. The first-order valence-electron chi connectivity index (χ1n) is 6.88. The van der Waals surface area contributed by atoms with E-state index in [0.717, 1.165) is 7.11 Å². The summed E-state index contributed by atoms with van der Waals surface area (Å²) in [7, 11) is -6.74. The van der Waals surface area contributed by atoms with Gasteiger partial charge in [0.25, 0.3) is 0 Å². The highest BCUT2D eigenvalue weighted by Gasteiger charge is 2.36. The van der Waals surface area contributed by atoms with Crippen molar-refractivity contribution in [2.45, 2.75) is 23.6 Å². The Morgan fingerprint density at radius 2 is 1.61 bits per heavy atom. The first-order chi connectivity index (χ1) is 10.7. The zero-order valence-corrected chi connectivity index (χ0v) is 14.6. The summed E-state index contributed by atoms with van der Waals surface area (Å²) in [5, 5.41) is 0. The average Bonchev–Trinajstić information content (AvgIpc) is 2.90. The first-order valence-corrected chi connectivity index (χ1v) is 10.2. The van der Waals surface area contributed by atoms with Gasteiger partial charge in [0, 0.05) is 6.20 Å². The lowest BCUT2D eigenvalue weighted by molar-refractivity contribution is 0.0588. The maximum absolute atomic E-state index is 12.5. The zero-order chi connectivity index (χ0) is 17.4.